The van der Waals surface area contributed by atoms with Crippen LogP contribution in [0.1, 0.15) is 26.3 Å². The van der Waals surface area contributed by atoms with Crippen molar-refractivity contribution in [1.82, 2.24) is 14.8 Å². The summed E-state index contributed by atoms with van der Waals surface area (Å²) in [6.45, 7) is 6.73. The molecule has 0 N–H and O–H groups in total. The number of aromatic nitrogens is 3. The van der Waals surface area contributed by atoms with Crippen LogP contribution < -0.4 is 4.90 Å². The van der Waals surface area contributed by atoms with Crippen LogP contribution in [-0.4, -0.2) is 14.8 Å². The molecule has 0 bridgehead atoms. The van der Waals surface area contributed by atoms with Gasteiger partial charge in [0.2, 0.25) is 11.8 Å². The number of anilines is 3. The number of hydrogen-bond donors (Lipinski definition) is 0. The van der Waals surface area contributed by atoms with E-state index >= 15 is 0 Å². The zero-order valence-electron chi connectivity index (χ0n) is 29.9. The quantitative estimate of drug-likeness (QED) is 0.167. The molecule has 0 saturated carbocycles. The highest BCUT2D eigenvalue weighted by atomic mass is 16.4. The molecule has 9 aromatic rings. The first-order valence-electron chi connectivity index (χ1n) is 18.0. The fraction of sp³-hybridized carbons (Fsp3) is 0.0833. The molecule has 0 aliphatic carbocycles. The molecule has 9 rings (SSSR count). The van der Waals surface area contributed by atoms with E-state index in [1.807, 2.05) is 42.5 Å². The van der Waals surface area contributed by atoms with E-state index in [-0.39, 0.29) is 5.41 Å². The van der Waals surface area contributed by atoms with Crippen LogP contribution in [0.2, 0.25) is 0 Å². The highest BCUT2D eigenvalue weighted by Crippen LogP contribution is 2.39. The molecule has 0 aliphatic rings. The predicted octanol–water partition coefficient (Wildman–Crippen LogP) is 12.9. The number of rotatable bonds is 7. The van der Waals surface area contributed by atoms with Crippen LogP contribution in [0, 0.1) is 0 Å². The molecule has 0 saturated heterocycles. The maximum absolute atomic E-state index is 6.06. The summed E-state index contributed by atoms with van der Waals surface area (Å²) in [5.74, 6) is 0.996. The molecule has 0 radical (unpaired) electrons. The molecule has 0 aliphatic heterocycles. The van der Waals surface area contributed by atoms with Crippen LogP contribution in [0.3, 0.4) is 0 Å². The second kappa shape index (κ2) is 13.1. The maximum atomic E-state index is 6.06. The van der Waals surface area contributed by atoms with E-state index in [0.717, 1.165) is 39.4 Å². The van der Waals surface area contributed by atoms with E-state index in [4.69, 9.17) is 4.42 Å². The Kier molecular flexibility index (Phi) is 7.97. The van der Waals surface area contributed by atoms with Gasteiger partial charge in [-0.15, -0.1) is 10.2 Å². The van der Waals surface area contributed by atoms with Crippen molar-refractivity contribution in [3.8, 4) is 39.7 Å². The minimum Gasteiger partial charge on any atom is -0.416 e. The normalized spacial score (nSPS) is 11.7. The van der Waals surface area contributed by atoms with Gasteiger partial charge in [-0.2, -0.15) is 0 Å². The molecule has 0 atom stereocenters. The summed E-state index contributed by atoms with van der Waals surface area (Å²) >= 11 is 0. The topological polar surface area (TPSA) is 47.1 Å². The minimum absolute atomic E-state index is 0.0594. The van der Waals surface area contributed by atoms with Crippen molar-refractivity contribution in [2.75, 3.05) is 4.90 Å². The molecule has 2 aromatic heterocycles. The fourth-order valence-electron chi connectivity index (χ4n) is 7.16. The zero-order valence-corrected chi connectivity index (χ0v) is 29.9. The number of benzene rings is 7. The molecule has 256 valence electrons. The molecule has 7 aromatic carbocycles. The average Bonchev–Trinajstić information content (AvgIpc) is 3.83. The van der Waals surface area contributed by atoms with Gasteiger partial charge in [0.05, 0.1) is 11.0 Å². The molecule has 2 heterocycles. The van der Waals surface area contributed by atoms with Gasteiger partial charge in [-0.3, -0.25) is 0 Å². The molecular weight excluding hydrogens is 649 g/mol. The summed E-state index contributed by atoms with van der Waals surface area (Å²) in [6, 6.07) is 62.0. The zero-order chi connectivity index (χ0) is 35.9. The van der Waals surface area contributed by atoms with Crippen LogP contribution in [0.15, 0.2) is 180 Å². The smallest absolute Gasteiger partial charge is 0.248 e. The van der Waals surface area contributed by atoms with Gasteiger partial charge in [0, 0.05) is 44.6 Å². The Hall–Kier alpha value is -6.72. The average molecular weight is 687 g/mol. The number of fused-ring (bicyclic) bond motifs is 3. The summed E-state index contributed by atoms with van der Waals surface area (Å²) in [5.41, 5.74) is 12.2. The molecule has 0 unspecified atom stereocenters. The summed E-state index contributed by atoms with van der Waals surface area (Å²) in [6.07, 6.45) is 0. The second-order valence-electron chi connectivity index (χ2n) is 14.4. The first kappa shape index (κ1) is 32.2. The van der Waals surface area contributed by atoms with Crippen molar-refractivity contribution in [3.63, 3.8) is 0 Å². The molecule has 5 heteroatoms. The fourth-order valence-corrected chi connectivity index (χ4v) is 7.16. The van der Waals surface area contributed by atoms with Crippen LogP contribution in [0.4, 0.5) is 17.1 Å². The Morgan fingerprint density at radius 2 is 0.943 bits per heavy atom. The van der Waals surface area contributed by atoms with Crippen LogP contribution in [0.25, 0.3) is 61.5 Å². The summed E-state index contributed by atoms with van der Waals surface area (Å²) in [7, 11) is 0. The molecule has 0 amide bonds. The SMILES string of the molecule is CC(C)(C)c1ccc(N(c2ccc(-c3ccc4c(c3)c3ccccc3n4-c3ccccc3)cc2)c2ccc(-c3nnc(-c4ccccc4)o3)cc2)cc1. The van der Waals surface area contributed by atoms with Gasteiger partial charge in [-0.05, 0) is 113 Å². The van der Waals surface area contributed by atoms with Crippen LogP contribution in [0.5, 0.6) is 0 Å². The highest BCUT2D eigenvalue weighted by Gasteiger charge is 2.18. The lowest BCUT2D eigenvalue weighted by Gasteiger charge is -2.27. The number of hydrogen-bond acceptors (Lipinski definition) is 4. The lowest BCUT2D eigenvalue weighted by Crippen LogP contribution is -2.13. The van der Waals surface area contributed by atoms with E-state index in [1.54, 1.807) is 0 Å². The van der Waals surface area contributed by atoms with Crippen molar-refractivity contribution in [2.24, 2.45) is 0 Å². The third-order valence-corrected chi connectivity index (χ3v) is 9.96. The van der Waals surface area contributed by atoms with Gasteiger partial charge in [0.25, 0.3) is 0 Å². The number of nitrogens with zero attached hydrogens (tertiary/aromatic N) is 4. The molecule has 0 spiro atoms. The van der Waals surface area contributed by atoms with E-state index in [2.05, 4.69) is 174 Å². The van der Waals surface area contributed by atoms with Crippen molar-refractivity contribution in [2.45, 2.75) is 26.2 Å². The Bertz CT molecular complexity index is 2670. The minimum atomic E-state index is 0.0594. The monoisotopic (exact) mass is 686 g/mol. The van der Waals surface area contributed by atoms with Gasteiger partial charge in [0.1, 0.15) is 0 Å². The van der Waals surface area contributed by atoms with Gasteiger partial charge < -0.3 is 13.9 Å². The standard InChI is InChI=1S/C48H38N4O/c1-48(2,3)37-23-29-41(30-24-37)51(40-27-20-35(21-28-40)47-50-49-46(53-47)34-12-6-4-7-13-34)39-25-18-33(19-26-39)36-22-31-45-43(32-36)42-16-10-11-17-44(42)52(45)38-14-8-5-9-15-38/h4-32H,1-3H3. The maximum Gasteiger partial charge on any atom is 0.248 e. The summed E-state index contributed by atoms with van der Waals surface area (Å²) < 4.78 is 8.42. The Labute approximate surface area is 309 Å². The van der Waals surface area contributed by atoms with E-state index < -0.39 is 0 Å². The van der Waals surface area contributed by atoms with Gasteiger partial charge in [0.15, 0.2) is 0 Å². The van der Waals surface area contributed by atoms with Crippen molar-refractivity contribution in [3.05, 3.63) is 181 Å². The van der Waals surface area contributed by atoms with Crippen LogP contribution in [-0.2, 0) is 5.41 Å². The van der Waals surface area contributed by atoms with Gasteiger partial charge in [-0.1, -0.05) is 106 Å². The lowest BCUT2D eigenvalue weighted by molar-refractivity contribution is 0.584. The van der Waals surface area contributed by atoms with Gasteiger partial charge in [-0.25, -0.2) is 0 Å². The van der Waals surface area contributed by atoms with Gasteiger partial charge >= 0.3 is 0 Å². The number of para-hydroxylation sites is 2. The van der Waals surface area contributed by atoms with E-state index in [9.17, 15) is 0 Å². The summed E-state index contributed by atoms with van der Waals surface area (Å²) in [5, 5.41) is 11.1. The first-order valence-corrected chi connectivity index (χ1v) is 18.0. The molecule has 53 heavy (non-hydrogen) atoms. The predicted molar refractivity (Wildman–Crippen MR) is 218 cm³/mol. The molecular formula is C48H38N4O. The largest absolute Gasteiger partial charge is 0.416 e. The molecule has 5 nitrogen and oxygen atoms in total. The Morgan fingerprint density at radius 1 is 0.453 bits per heavy atom. The first-order chi connectivity index (χ1) is 25.9. The highest BCUT2D eigenvalue weighted by molar-refractivity contribution is 6.10. The molecule has 0 fully saturated rings. The Balaban J connectivity index is 1.08. The summed E-state index contributed by atoms with van der Waals surface area (Å²) in [4.78, 5) is 2.29. The third-order valence-electron chi connectivity index (χ3n) is 9.96. The van der Waals surface area contributed by atoms with Crippen molar-refractivity contribution >= 4 is 38.9 Å². The third kappa shape index (κ3) is 6.06. The lowest BCUT2D eigenvalue weighted by atomic mass is 9.87. The van der Waals surface area contributed by atoms with Crippen LogP contribution >= 0.6 is 0 Å². The Morgan fingerprint density at radius 3 is 1.57 bits per heavy atom. The second-order valence-corrected chi connectivity index (χ2v) is 14.4. The van der Waals surface area contributed by atoms with Crippen molar-refractivity contribution in [1.29, 1.82) is 0 Å². The van der Waals surface area contributed by atoms with E-state index in [1.165, 1.54) is 32.9 Å². The van der Waals surface area contributed by atoms with Crippen molar-refractivity contribution < 1.29 is 4.42 Å². The van der Waals surface area contributed by atoms with E-state index in [0.29, 0.717) is 11.8 Å².